The smallest absolute Gasteiger partial charge is 0.326 e. The number of benzene rings is 1. The van der Waals surface area contributed by atoms with Crippen molar-refractivity contribution in [3.63, 3.8) is 0 Å². The third-order valence-corrected chi connectivity index (χ3v) is 4.95. The predicted octanol–water partition coefficient (Wildman–Crippen LogP) is 0.862. The van der Waals surface area contributed by atoms with Crippen molar-refractivity contribution in [1.29, 1.82) is 0 Å². The van der Waals surface area contributed by atoms with Crippen molar-refractivity contribution in [2.24, 2.45) is 4.99 Å². The van der Waals surface area contributed by atoms with Gasteiger partial charge in [0.2, 0.25) is 11.8 Å². The summed E-state index contributed by atoms with van der Waals surface area (Å²) in [6.45, 7) is 0.140. The Labute approximate surface area is 178 Å². The topological polar surface area (TPSA) is 136 Å². The van der Waals surface area contributed by atoms with Gasteiger partial charge in [-0.25, -0.2) is 14.2 Å². The van der Waals surface area contributed by atoms with Crippen LogP contribution < -0.4 is 21.8 Å². The highest BCUT2D eigenvalue weighted by molar-refractivity contribution is 6.30. The SMILES string of the molecule is O=c1[nH]c(O)c(/C=c2\cnn3c(=NC4CC4)nc(NCc4ccc(Cl)cc4F)nc23)[nH]1. The molecule has 158 valence electrons. The van der Waals surface area contributed by atoms with E-state index in [0.717, 1.165) is 12.8 Å². The van der Waals surface area contributed by atoms with Crippen LogP contribution in [0.1, 0.15) is 24.1 Å². The van der Waals surface area contributed by atoms with Gasteiger partial charge in [0.15, 0.2) is 5.65 Å². The lowest BCUT2D eigenvalue weighted by atomic mass is 10.2. The summed E-state index contributed by atoms with van der Waals surface area (Å²) in [4.78, 5) is 29.6. The van der Waals surface area contributed by atoms with Gasteiger partial charge in [-0.1, -0.05) is 17.7 Å². The number of hydrogen-bond donors (Lipinski definition) is 4. The lowest BCUT2D eigenvalue weighted by molar-refractivity contribution is 0.454. The third-order valence-electron chi connectivity index (χ3n) is 4.71. The number of fused-ring (bicyclic) bond motifs is 1. The highest BCUT2D eigenvalue weighted by Gasteiger charge is 2.21. The minimum Gasteiger partial charge on any atom is -0.493 e. The molecule has 10 nitrogen and oxygen atoms in total. The van der Waals surface area contributed by atoms with Gasteiger partial charge in [-0.3, -0.25) is 4.98 Å². The van der Waals surface area contributed by atoms with Crippen LogP contribution in [-0.4, -0.2) is 40.7 Å². The Morgan fingerprint density at radius 1 is 1.35 bits per heavy atom. The van der Waals surface area contributed by atoms with Crippen molar-refractivity contribution >= 4 is 29.3 Å². The highest BCUT2D eigenvalue weighted by atomic mass is 35.5. The van der Waals surface area contributed by atoms with Crippen LogP contribution >= 0.6 is 11.6 Å². The van der Waals surface area contributed by atoms with E-state index in [2.05, 4.69) is 35.3 Å². The fourth-order valence-electron chi connectivity index (χ4n) is 3.00. The zero-order valence-electron chi connectivity index (χ0n) is 15.9. The van der Waals surface area contributed by atoms with Gasteiger partial charge in [0, 0.05) is 22.3 Å². The van der Waals surface area contributed by atoms with Crippen LogP contribution in [0.5, 0.6) is 5.88 Å². The van der Waals surface area contributed by atoms with Crippen molar-refractivity contribution < 1.29 is 9.50 Å². The molecule has 5 rings (SSSR count). The fourth-order valence-corrected chi connectivity index (χ4v) is 3.16. The van der Waals surface area contributed by atoms with Crippen LogP contribution in [0.25, 0.3) is 11.7 Å². The molecule has 0 radical (unpaired) electrons. The summed E-state index contributed by atoms with van der Waals surface area (Å²) in [6, 6.07) is 4.61. The second-order valence-electron chi connectivity index (χ2n) is 7.12. The Kier molecular flexibility index (Phi) is 4.66. The van der Waals surface area contributed by atoms with E-state index >= 15 is 0 Å². The molecule has 0 bridgehead atoms. The third kappa shape index (κ3) is 3.99. The van der Waals surface area contributed by atoms with Gasteiger partial charge in [-0.05, 0) is 31.1 Å². The lowest BCUT2D eigenvalue weighted by Crippen LogP contribution is -2.24. The largest absolute Gasteiger partial charge is 0.493 e. The predicted molar refractivity (Wildman–Crippen MR) is 110 cm³/mol. The maximum atomic E-state index is 14.1. The molecule has 4 aromatic rings. The quantitative estimate of drug-likeness (QED) is 0.362. The Morgan fingerprint density at radius 3 is 2.90 bits per heavy atom. The molecule has 1 aromatic carbocycles. The maximum absolute atomic E-state index is 14.1. The van der Waals surface area contributed by atoms with E-state index in [1.807, 2.05) is 0 Å². The van der Waals surface area contributed by atoms with Gasteiger partial charge < -0.3 is 15.4 Å². The van der Waals surface area contributed by atoms with Crippen LogP contribution in [0, 0.1) is 5.82 Å². The highest BCUT2D eigenvalue weighted by Crippen LogP contribution is 2.22. The standard InChI is InChI=1S/C19H16ClFN8O2/c20-11-2-1-9(13(21)6-11)7-22-17-26-15-10(5-14-16(30)27-19(31)25-14)8-23-29(15)18(28-17)24-12-3-4-12/h1-2,5-6,8,12,30H,3-4,7H2,(H,22,24,28)(H2,25,27,31)/b10-5+. The number of halogens is 2. The molecule has 0 saturated heterocycles. The summed E-state index contributed by atoms with van der Waals surface area (Å²) in [6.07, 6.45) is 5.02. The first kappa shape index (κ1) is 19.2. The van der Waals surface area contributed by atoms with Crippen LogP contribution in [0.4, 0.5) is 10.3 Å². The summed E-state index contributed by atoms with van der Waals surface area (Å²) < 4.78 is 15.6. The molecule has 1 aliphatic carbocycles. The number of aromatic hydroxyl groups is 1. The molecule has 0 unspecified atom stereocenters. The van der Waals surface area contributed by atoms with E-state index in [1.54, 1.807) is 12.1 Å². The number of aromatic nitrogens is 6. The molecule has 1 aliphatic rings. The van der Waals surface area contributed by atoms with Crippen molar-refractivity contribution in [3.8, 4) is 5.88 Å². The summed E-state index contributed by atoms with van der Waals surface area (Å²) in [5.41, 5.74) is 0.833. The van der Waals surface area contributed by atoms with Crippen LogP contribution in [0.15, 0.2) is 34.2 Å². The molecule has 12 heteroatoms. The van der Waals surface area contributed by atoms with Gasteiger partial charge in [0.25, 0.3) is 5.62 Å². The Morgan fingerprint density at radius 2 is 2.19 bits per heavy atom. The molecular formula is C19H16ClFN8O2. The molecule has 0 atom stereocenters. The number of nitrogens with one attached hydrogen (secondary N) is 3. The molecule has 3 aromatic heterocycles. The fraction of sp³-hybridized carbons (Fsp3) is 0.211. The van der Waals surface area contributed by atoms with Gasteiger partial charge in [-0.2, -0.15) is 19.6 Å². The first-order valence-electron chi connectivity index (χ1n) is 9.47. The number of hydrogen-bond acceptors (Lipinski definition) is 7. The molecular weight excluding hydrogens is 427 g/mol. The number of aromatic amines is 2. The Hall–Kier alpha value is -3.73. The van der Waals surface area contributed by atoms with Crippen LogP contribution in [-0.2, 0) is 6.54 Å². The lowest BCUT2D eigenvalue weighted by Gasteiger charge is -2.07. The molecule has 0 spiro atoms. The monoisotopic (exact) mass is 442 g/mol. The van der Waals surface area contributed by atoms with E-state index in [4.69, 9.17) is 11.6 Å². The van der Waals surface area contributed by atoms with Crippen molar-refractivity contribution in [3.05, 3.63) is 67.8 Å². The molecule has 3 heterocycles. The average molecular weight is 443 g/mol. The average Bonchev–Trinajstić information content (AvgIpc) is 3.36. The minimum absolute atomic E-state index is 0.140. The van der Waals surface area contributed by atoms with E-state index < -0.39 is 11.5 Å². The second kappa shape index (κ2) is 7.51. The maximum Gasteiger partial charge on any atom is 0.326 e. The van der Waals surface area contributed by atoms with Gasteiger partial charge in [0.1, 0.15) is 11.5 Å². The number of nitrogens with zero attached hydrogens (tertiary/aromatic N) is 5. The summed E-state index contributed by atoms with van der Waals surface area (Å²) in [5, 5.41) is 18.0. The Bertz CT molecular complexity index is 1470. The number of anilines is 1. The van der Waals surface area contributed by atoms with E-state index in [1.165, 1.54) is 22.9 Å². The van der Waals surface area contributed by atoms with Crippen molar-refractivity contribution in [2.45, 2.75) is 25.4 Å². The molecule has 0 aliphatic heterocycles. The number of H-pyrrole nitrogens is 2. The minimum atomic E-state index is -0.536. The van der Waals surface area contributed by atoms with Gasteiger partial charge >= 0.3 is 5.69 Å². The van der Waals surface area contributed by atoms with E-state index in [9.17, 15) is 14.3 Å². The first-order chi connectivity index (χ1) is 15.0. The second-order valence-corrected chi connectivity index (χ2v) is 7.55. The van der Waals surface area contributed by atoms with E-state index in [0.29, 0.717) is 27.1 Å². The summed E-state index contributed by atoms with van der Waals surface area (Å²) in [5.74, 6) is -0.490. The Balaban J connectivity index is 1.58. The van der Waals surface area contributed by atoms with Crippen LogP contribution in [0.2, 0.25) is 5.02 Å². The van der Waals surface area contributed by atoms with Crippen LogP contribution in [0.3, 0.4) is 0 Å². The van der Waals surface area contributed by atoms with Gasteiger partial charge in [-0.15, -0.1) is 0 Å². The molecule has 31 heavy (non-hydrogen) atoms. The molecule has 1 fully saturated rings. The summed E-state index contributed by atoms with van der Waals surface area (Å²) in [7, 11) is 0. The first-order valence-corrected chi connectivity index (χ1v) is 9.84. The zero-order chi connectivity index (χ0) is 21.5. The zero-order valence-corrected chi connectivity index (χ0v) is 16.7. The molecule has 1 saturated carbocycles. The number of rotatable bonds is 5. The van der Waals surface area contributed by atoms with Crippen molar-refractivity contribution in [1.82, 2.24) is 29.5 Å². The molecule has 0 amide bonds. The number of imidazole rings is 1. The molecule has 4 N–H and O–H groups in total. The van der Waals surface area contributed by atoms with E-state index in [-0.39, 0.29) is 30.1 Å². The summed E-state index contributed by atoms with van der Waals surface area (Å²) >= 11 is 5.81. The normalized spacial score (nSPS) is 15.2. The van der Waals surface area contributed by atoms with Crippen molar-refractivity contribution in [2.75, 3.05) is 5.32 Å². The van der Waals surface area contributed by atoms with Gasteiger partial charge in [0.05, 0.1) is 12.2 Å².